The van der Waals surface area contributed by atoms with Gasteiger partial charge in [0.05, 0.1) is 4.90 Å². The topological polar surface area (TPSA) is 49.4 Å². The van der Waals surface area contributed by atoms with E-state index in [1.807, 2.05) is 12.1 Å². The lowest BCUT2D eigenvalue weighted by Gasteiger charge is -2.19. The first-order valence-corrected chi connectivity index (χ1v) is 11.2. The number of nitrogens with zero attached hydrogens (tertiary/aromatic N) is 1. The van der Waals surface area contributed by atoms with E-state index in [0.717, 1.165) is 24.2 Å². The molecule has 4 nitrogen and oxygen atoms in total. The van der Waals surface area contributed by atoms with Gasteiger partial charge in [0.15, 0.2) is 0 Å². The second-order valence-electron chi connectivity index (χ2n) is 8.28. The van der Waals surface area contributed by atoms with Gasteiger partial charge >= 0.3 is 0 Å². The molecule has 0 aliphatic carbocycles. The first-order chi connectivity index (χ1) is 12.8. The summed E-state index contributed by atoms with van der Waals surface area (Å²) in [5.74, 6) is 0. The van der Waals surface area contributed by atoms with Gasteiger partial charge in [0.2, 0.25) is 10.0 Å². The van der Waals surface area contributed by atoms with E-state index in [2.05, 4.69) is 54.7 Å². The number of hydrogen-bond donors (Lipinski definition) is 1. The molecule has 5 heteroatoms. The van der Waals surface area contributed by atoms with Crippen LogP contribution in [0.3, 0.4) is 0 Å². The predicted octanol–water partition coefficient (Wildman–Crippen LogP) is 4.11. The van der Waals surface area contributed by atoms with Crippen LogP contribution in [-0.2, 0) is 21.9 Å². The molecule has 27 heavy (non-hydrogen) atoms. The standard InChI is InChI=1S/C22H30N2O2S/c1-22(2,3)19-8-12-21(13-9-19)27(25,26)23-15-14-18-6-10-20(11-7-18)24-16-4-5-17-24/h6-13,23H,4-5,14-17H2,1-3H3. The molecule has 1 aliphatic heterocycles. The summed E-state index contributed by atoms with van der Waals surface area (Å²) >= 11 is 0. The normalized spacial score (nSPS) is 15.3. The Labute approximate surface area is 163 Å². The maximum Gasteiger partial charge on any atom is 0.240 e. The molecule has 1 N–H and O–H groups in total. The second kappa shape index (κ2) is 8.03. The summed E-state index contributed by atoms with van der Waals surface area (Å²) in [6.45, 7) is 9.00. The molecular weight excluding hydrogens is 356 g/mol. The molecule has 1 aliphatic rings. The Balaban J connectivity index is 1.56. The molecule has 0 spiro atoms. The van der Waals surface area contributed by atoms with Gasteiger partial charge in [-0.1, -0.05) is 45.0 Å². The third kappa shape index (κ3) is 5.11. The zero-order valence-electron chi connectivity index (χ0n) is 16.5. The van der Waals surface area contributed by atoms with Gasteiger partial charge in [-0.2, -0.15) is 0 Å². The predicted molar refractivity (Wildman–Crippen MR) is 112 cm³/mol. The molecule has 0 radical (unpaired) electrons. The molecule has 0 unspecified atom stereocenters. The average Bonchev–Trinajstić information content (AvgIpc) is 3.16. The van der Waals surface area contributed by atoms with Crippen LogP contribution in [0.1, 0.15) is 44.7 Å². The van der Waals surface area contributed by atoms with Gasteiger partial charge in [-0.25, -0.2) is 13.1 Å². The molecule has 1 fully saturated rings. The molecule has 1 heterocycles. The molecule has 2 aromatic rings. The van der Waals surface area contributed by atoms with Crippen LogP contribution in [0.2, 0.25) is 0 Å². The van der Waals surface area contributed by atoms with Crippen molar-refractivity contribution in [2.45, 2.75) is 50.3 Å². The number of anilines is 1. The molecule has 0 saturated carbocycles. The minimum absolute atomic E-state index is 0.0109. The van der Waals surface area contributed by atoms with Crippen LogP contribution in [0.15, 0.2) is 53.4 Å². The van der Waals surface area contributed by atoms with Crippen molar-refractivity contribution in [2.75, 3.05) is 24.5 Å². The highest BCUT2D eigenvalue weighted by Crippen LogP contribution is 2.23. The fourth-order valence-electron chi connectivity index (χ4n) is 3.40. The highest BCUT2D eigenvalue weighted by Gasteiger charge is 2.17. The molecule has 0 aromatic heterocycles. The lowest BCUT2D eigenvalue weighted by molar-refractivity contribution is 0.578. The van der Waals surface area contributed by atoms with E-state index in [1.54, 1.807) is 12.1 Å². The summed E-state index contributed by atoms with van der Waals surface area (Å²) in [6.07, 6.45) is 3.21. The highest BCUT2D eigenvalue weighted by atomic mass is 32.2. The van der Waals surface area contributed by atoms with Crippen molar-refractivity contribution in [3.63, 3.8) is 0 Å². The number of nitrogens with one attached hydrogen (secondary N) is 1. The third-order valence-electron chi connectivity index (χ3n) is 5.14. The van der Waals surface area contributed by atoms with E-state index < -0.39 is 10.0 Å². The van der Waals surface area contributed by atoms with Crippen molar-refractivity contribution in [3.8, 4) is 0 Å². The number of sulfonamides is 1. The Morgan fingerprint density at radius 2 is 1.52 bits per heavy atom. The fraction of sp³-hybridized carbons (Fsp3) is 0.455. The van der Waals surface area contributed by atoms with Crippen molar-refractivity contribution >= 4 is 15.7 Å². The maximum atomic E-state index is 12.5. The highest BCUT2D eigenvalue weighted by molar-refractivity contribution is 7.89. The molecule has 0 atom stereocenters. The summed E-state index contributed by atoms with van der Waals surface area (Å²) < 4.78 is 27.7. The quantitative estimate of drug-likeness (QED) is 0.813. The van der Waals surface area contributed by atoms with Gasteiger partial charge in [0, 0.05) is 25.3 Å². The first-order valence-electron chi connectivity index (χ1n) is 9.70. The van der Waals surface area contributed by atoms with Crippen molar-refractivity contribution < 1.29 is 8.42 Å². The van der Waals surface area contributed by atoms with E-state index in [9.17, 15) is 8.42 Å². The Morgan fingerprint density at radius 3 is 2.07 bits per heavy atom. The molecule has 3 rings (SSSR count). The van der Waals surface area contributed by atoms with E-state index in [1.165, 1.54) is 18.5 Å². The molecule has 146 valence electrons. The first kappa shape index (κ1) is 19.9. The van der Waals surface area contributed by atoms with Crippen molar-refractivity contribution in [1.82, 2.24) is 4.72 Å². The van der Waals surface area contributed by atoms with E-state index in [4.69, 9.17) is 0 Å². The zero-order chi connectivity index (χ0) is 19.5. The van der Waals surface area contributed by atoms with Crippen LogP contribution < -0.4 is 9.62 Å². The van der Waals surface area contributed by atoms with Crippen LogP contribution >= 0.6 is 0 Å². The van der Waals surface area contributed by atoms with E-state index >= 15 is 0 Å². The van der Waals surface area contributed by atoms with Crippen LogP contribution in [0.25, 0.3) is 0 Å². The molecule has 2 aromatic carbocycles. The summed E-state index contributed by atoms with van der Waals surface area (Å²) in [7, 11) is -3.47. The fourth-order valence-corrected chi connectivity index (χ4v) is 4.43. The summed E-state index contributed by atoms with van der Waals surface area (Å²) in [5, 5.41) is 0. The van der Waals surface area contributed by atoms with Crippen molar-refractivity contribution in [2.24, 2.45) is 0 Å². The lowest BCUT2D eigenvalue weighted by atomic mass is 9.87. The third-order valence-corrected chi connectivity index (χ3v) is 6.62. The van der Waals surface area contributed by atoms with E-state index in [0.29, 0.717) is 17.9 Å². The SMILES string of the molecule is CC(C)(C)c1ccc(S(=O)(=O)NCCc2ccc(N3CCCC3)cc2)cc1. The molecule has 1 saturated heterocycles. The van der Waals surface area contributed by atoms with Crippen LogP contribution in [-0.4, -0.2) is 28.1 Å². The molecular formula is C22H30N2O2S. The van der Waals surface area contributed by atoms with Crippen LogP contribution in [0.4, 0.5) is 5.69 Å². The monoisotopic (exact) mass is 386 g/mol. The van der Waals surface area contributed by atoms with Gasteiger partial charge in [0.25, 0.3) is 0 Å². The Morgan fingerprint density at radius 1 is 0.926 bits per heavy atom. The Hall–Kier alpha value is -1.85. The van der Waals surface area contributed by atoms with Gasteiger partial charge in [-0.15, -0.1) is 0 Å². The summed E-state index contributed by atoms with van der Waals surface area (Å²) in [4.78, 5) is 2.72. The molecule has 0 bridgehead atoms. The number of rotatable bonds is 6. The minimum atomic E-state index is -3.47. The minimum Gasteiger partial charge on any atom is -0.372 e. The van der Waals surface area contributed by atoms with Crippen molar-refractivity contribution in [1.29, 1.82) is 0 Å². The smallest absolute Gasteiger partial charge is 0.240 e. The van der Waals surface area contributed by atoms with Gasteiger partial charge in [0.1, 0.15) is 0 Å². The van der Waals surface area contributed by atoms with Crippen LogP contribution in [0.5, 0.6) is 0 Å². The Kier molecular flexibility index (Phi) is 5.92. The van der Waals surface area contributed by atoms with Crippen LogP contribution in [0, 0.1) is 0 Å². The van der Waals surface area contributed by atoms with Gasteiger partial charge < -0.3 is 4.90 Å². The second-order valence-corrected chi connectivity index (χ2v) is 10.0. The zero-order valence-corrected chi connectivity index (χ0v) is 17.3. The number of benzene rings is 2. The van der Waals surface area contributed by atoms with Gasteiger partial charge in [-0.3, -0.25) is 0 Å². The Bertz CT molecular complexity index is 845. The average molecular weight is 387 g/mol. The number of hydrogen-bond acceptors (Lipinski definition) is 3. The van der Waals surface area contributed by atoms with Gasteiger partial charge in [-0.05, 0) is 60.1 Å². The van der Waals surface area contributed by atoms with E-state index in [-0.39, 0.29) is 5.41 Å². The lowest BCUT2D eigenvalue weighted by Crippen LogP contribution is -2.26. The summed E-state index contributed by atoms with van der Waals surface area (Å²) in [6, 6.07) is 15.6. The maximum absolute atomic E-state index is 12.5. The largest absolute Gasteiger partial charge is 0.372 e. The van der Waals surface area contributed by atoms with Crippen molar-refractivity contribution in [3.05, 3.63) is 59.7 Å². The summed E-state index contributed by atoms with van der Waals surface area (Å²) in [5.41, 5.74) is 3.54. The molecule has 0 amide bonds.